The lowest BCUT2D eigenvalue weighted by atomic mass is 9.81. The van der Waals surface area contributed by atoms with Gasteiger partial charge in [-0.3, -0.25) is 4.79 Å². The molecule has 0 aromatic rings. The van der Waals surface area contributed by atoms with Gasteiger partial charge in [-0.2, -0.15) is 0 Å². The maximum atomic E-state index is 10.9. The van der Waals surface area contributed by atoms with Crippen LogP contribution in [-0.2, 0) is 4.79 Å². The van der Waals surface area contributed by atoms with Crippen molar-refractivity contribution in [2.24, 2.45) is 17.8 Å². The molecule has 0 spiro atoms. The molecular formula is C11H19NO2. The van der Waals surface area contributed by atoms with Crippen LogP contribution in [0.5, 0.6) is 0 Å². The highest BCUT2D eigenvalue weighted by molar-refractivity contribution is 5.70. The second kappa shape index (κ2) is 4.30. The minimum atomic E-state index is -0.625. The molecule has 14 heavy (non-hydrogen) atoms. The van der Waals surface area contributed by atoms with Gasteiger partial charge in [0.2, 0.25) is 0 Å². The Labute approximate surface area is 84.9 Å². The molecule has 3 nitrogen and oxygen atoms in total. The van der Waals surface area contributed by atoms with Crippen molar-refractivity contribution in [3.05, 3.63) is 0 Å². The number of piperidine rings is 1. The largest absolute Gasteiger partial charge is 0.481 e. The number of carboxylic acids is 1. The van der Waals surface area contributed by atoms with Gasteiger partial charge in [0.25, 0.3) is 0 Å². The Balaban J connectivity index is 1.89. The van der Waals surface area contributed by atoms with Crippen LogP contribution in [0, 0.1) is 17.8 Å². The maximum Gasteiger partial charge on any atom is 0.307 e. The first-order valence-electron chi connectivity index (χ1n) is 5.71. The van der Waals surface area contributed by atoms with Crippen LogP contribution in [0.25, 0.3) is 0 Å². The Hall–Kier alpha value is -0.570. The van der Waals surface area contributed by atoms with Crippen molar-refractivity contribution in [3.63, 3.8) is 0 Å². The molecule has 1 saturated carbocycles. The molecule has 0 amide bonds. The third kappa shape index (κ3) is 2.08. The molecule has 2 unspecified atom stereocenters. The summed E-state index contributed by atoms with van der Waals surface area (Å²) >= 11 is 0. The number of hydrogen-bond donors (Lipinski definition) is 2. The van der Waals surface area contributed by atoms with E-state index in [4.69, 9.17) is 5.11 Å². The first-order chi connectivity index (χ1) is 6.77. The van der Waals surface area contributed by atoms with Crippen LogP contribution in [0.3, 0.4) is 0 Å². The third-order valence-electron chi connectivity index (χ3n) is 3.80. The van der Waals surface area contributed by atoms with Gasteiger partial charge in [-0.1, -0.05) is 25.7 Å². The molecule has 2 fully saturated rings. The van der Waals surface area contributed by atoms with Crippen molar-refractivity contribution < 1.29 is 9.90 Å². The molecule has 0 aromatic carbocycles. The number of nitrogens with one attached hydrogen (secondary N) is 1. The molecule has 0 radical (unpaired) electrons. The van der Waals surface area contributed by atoms with E-state index in [1.54, 1.807) is 0 Å². The zero-order chi connectivity index (χ0) is 9.97. The van der Waals surface area contributed by atoms with Crippen molar-refractivity contribution >= 4 is 5.97 Å². The van der Waals surface area contributed by atoms with Crippen LogP contribution < -0.4 is 5.32 Å². The van der Waals surface area contributed by atoms with Crippen molar-refractivity contribution in [1.29, 1.82) is 0 Å². The first-order valence-corrected chi connectivity index (χ1v) is 5.71. The molecule has 0 bridgehead atoms. The maximum absolute atomic E-state index is 10.9. The van der Waals surface area contributed by atoms with E-state index in [2.05, 4.69) is 5.32 Å². The number of rotatable bonds is 2. The Kier molecular flexibility index (Phi) is 3.06. The lowest BCUT2D eigenvalue weighted by Gasteiger charge is -2.31. The van der Waals surface area contributed by atoms with Gasteiger partial charge in [0.15, 0.2) is 0 Å². The summed E-state index contributed by atoms with van der Waals surface area (Å²) in [5, 5.41) is 12.2. The van der Waals surface area contributed by atoms with Gasteiger partial charge in [-0.25, -0.2) is 0 Å². The highest BCUT2D eigenvalue weighted by atomic mass is 16.4. The van der Waals surface area contributed by atoms with E-state index in [0.717, 1.165) is 18.9 Å². The standard InChI is InChI=1S/C11H19NO2/c13-11(14)10-5-9(6-12-7-10)8-3-1-2-4-8/h8-10,12H,1-7H2,(H,13,14). The van der Waals surface area contributed by atoms with Crippen molar-refractivity contribution in [2.75, 3.05) is 13.1 Å². The molecule has 1 aliphatic heterocycles. The van der Waals surface area contributed by atoms with Gasteiger partial charge < -0.3 is 10.4 Å². The average Bonchev–Trinajstić information content (AvgIpc) is 2.71. The minimum absolute atomic E-state index is 0.144. The zero-order valence-corrected chi connectivity index (χ0v) is 8.54. The lowest BCUT2D eigenvalue weighted by Crippen LogP contribution is -2.41. The molecule has 2 N–H and O–H groups in total. The molecule has 2 aliphatic rings. The van der Waals surface area contributed by atoms with E-state index in [0.29, 0.717) is 12.5 Å². The first kappa shape index (κ1) is 9.97. The number of carboxylic acid groups (broad SMARTS) is 1. The SMILES string of the molecule is O=C(O)C1CNCC(C2CCCC2)C1. The number of aliphatic carboxylic acids is 1. The van der Waals surface area contributed by atoms with Gasteiger partial charge >= 0.3 is 5.97 Å². The molecule has 0 aromatic heterocycles. The predicted octanol–water partition coefficient (Wildman–Crippen LogP) is 1.49. The molecule has 1 aliphatic carbocycles. The van der Waals surface area contributed by atoms with Crippen LogP contribution in [0.1, 0.15) is 32.1 Å². The highest BCUT2D eigenvalue weighted by Gasteiger charge is 2.32. The van der Waals surface area contributed by atoms with E-state index in [1.165, 1.54) is 25.7 Å². The monoisotopic (exact) mass is 197 g/mol. The summed E-state index contributed by atoms with van der Waals surface area (Å²) in [4.78, 5) is 10.9. The summed E-state index contributed by atoms with van der Waals surface area (Å²) in [6.45, 7) is 1.70. The van der Waals surface area contributed by atoms with Gasteiger partial charge in [0.1, 0.15) is 0 Å². The van der Waals surface area contributed by atoms with Gasteiger partial charge in [0.05, 0.1) is 5.92 Å². The third-order valence-corrected chi connectivity index (χ3v) is 3.80. The summed E-state index contributed by atoms with van der Waals surface area (Å²) in [5.74, 6) is 0.645. The molecule has 2 atom stereocenters. The fourth-order valence-corrected chi connectivity index (χ4v) is 2.95. The highest BCUT2D eigenvalue weighted by Crippen LogP contribution is 2.35. The van der Waals surface area contributed by atoms with Crippen LogP contribution in [0.2, 0.25) is 0 Å². The predicted molar refractivity (Wildman–Crippen MR) is 54.1 cm³/mol. The second-order valence-corrected chi connectivity index (χ2v) is 4.73. The van der Waals surface area contributed by atoms with E-state index in [-0.39, 0.29) is 5.92 Å². The second-order valence-electron chi connectivity index (χ2n) is 4.73. The molecule has 2 rings (SSSR count). The summed E-state index contributed by atoms with van der Waals surface area (Å²) in [7, 11) is 0. The number of carbonyl (C=O) groups is 1. The Morgan fingerprint density at radius 3 is 2.50 bits per heavy atom. The molecule has 3 heteroatoms. The molecule has 1 saturated heterocycles. The summed E-state index contributed by atoms with van der Waals surface area (Å²) in [5.41, 5.74) is 0. The zero-order valence-electron chi connectivity index (χ0n) is 8.54. The average molecular weight is 197 g/mol. The van der Waals surface area contributed by atoms with E-state index >= 15 is 0 Å². The Bertz CT molecular complexity index is 211. The van der Waals surface area contributed by atoms with Gasteiger partial charge in [0, 0.05) is 6.54 Å². The topological polar surface area (TPSA) is 49.3 Å². The smallest absolute Gasteiger partial charge is 0.307 e. The fourth-order valence-electron chi connectivity index (χ4n) is 2.95. The minimum Gasteiger partial charge on any atom is -0.481 e. The number of hydrogen-bond acceptors (Lipinski definition) is 2. The quantitative estimate of drug-likeness (QED) is 0.705. The van der Waals surface area contributed by atoms with Crippen LogP contribution in [0.15, 0.2) is 0 Å². The van der Waals surface area contributed by atoms with Crippen molar-refractivity contribution in [1.82, 2.24) is 5.32 Å². The van der Waals surface area contributed by atoms with Gasteiger partial charge in [-0.05, 0) is 24.8 Å². The van der Waals surface area contributed by atoms with Crippen LogP contribution in [0.4, 0.5) is 0 Å². The lowest BCUT2D eigenvalue weighted by molar-refractivity contribution is -0.143. The van der Waals surface area contributed by atoms with Gasteiger partial charge in [-0.15, -0.1) is 0 Å². The normalized spacial score (nSPS) is 34.6. The summed E-state index contributed by atoms with van der Waals surface area (Å²) < 4.78 is 0. The van der Waals surface area contributed by atoms with E-state index < -0.39 is 5.97 Å². The molecular weight excluding hydrogens is 178 g/mol. The molecule has 80 valence electrons. The van der Waals surface area contributed by atoms with Crippen LogP contribution >= 0.6 is 0 Å². The molecule has 1 heterocycles. The Morgan fingerprint density at radius 1 is 1.14 bits per heavy atom. The summed E-state index contributed by atoms with van der Waals surface area (Å²) in [6, 6.07) is 0. The fraction of sp³-hybridized carbons (Fsp3) is 0.909. The van der Waals surface area contributed by atoms with E-state index in [9.17, 15) is 4.79 Å². The van der Waals surface area contributed by atoms with E-state index in [1.807, 2.05) is 0 Å². The van der Waals surface area contributed by atoms with Crippen molar-refractivity contribution in [2.45, 2.75) is 32.1 Å². The summed E-state index contributed by atoms with van der Waals surface area (Å²) in [6.07, 6.45) is 6.22. The van der Waals surface area contributed by atoms with Crippen LogP contribution in [-0.4, -0.2) is 24.2 Å². The Morgan fingerprint density at radius 2 is 1.86 bits per heavy atom. The van der Waals surface area contributed by atoms with Crippen molar-refractivity contribution in [3.8, 4) is 0 Å².